The molecule has 0 aromatic heterocycles. The van der Waals surface area contributed by atoms with Gasteiger partial charge in [0.05, 0.1) is 0 Å². The molecule has 3 bridgehead atoms. The van der Waals surface area contributed by atoms with Crippen LogP contribution in [0.5, 0.6) is 0 Å². The normalized spacial score (nSPS) is 67.8. The molecular weight excluding hydrogens is 188 g/mol. The lowest BCUT2D eigenvalue weighted by molar-refractivity contribution is -0.0854. The van der Waals surface area contributed by atoms with E-state index in [0.717, 1.165) is 17.3 Å². The van der Waals surface area contributed by atoms with Crippen LogP contribution < -0.4 is 0 Å². The molecule has 76 valence electrons. The second kappa shape index (κ2) is 1.98. The molecule has 0 N–H and O–H groups in total. The van der Waals surface area contributed by atoms with Crippen LogP contribution in [0.1, 0.15) is 45.4 Å². The van der Waals surface area contributed by atoms with Crippen LogP contribution >= 0.6 is 12.2 Å². The lowest BCUT2D eigenvalue weighted by Crippen LogP contribution is -2.50. The zero-order valence-electron chi connectivity index (χ0n) is 8.88. The van der Waals surface area contributed by atoms with Crippen molar-refractivity contribution in [3.63, 3.8) is 0 Å². The molecule has 0 amide bonds. The molecule has 0 aliphatic heterocycles. The van der Waals surface area contributed by atoms with Gasteiger partial charge in [0.25, 0.3) is 0 Å². The molecule has 0 saturated heterocycles. The summed E-state index contributed by atoms with van der Waals surface area (Å²) in [7, 11) is 0. The molecule has 4 rings (SSSR count). The summed E-state index contributed by atoms with van der Waals surface area (Å²) >= 11 is 5.34. The van der Waals surface area contributed by atoms with E-state index in [2.05, 4.69) is 12.3 Å². The van der Waals surface area contributed by atoms with Crippen LogP contribution in [0.2, 0.25) is 0 Å². The minimum Gasteiger partial charge on any atom is -0.0929 e. The minimum atomic E-state index is 0.498. The van der Waals surface area contributed by atoms with Crippen molar-refractivity contribution in [2.24, 2.45) is 28.1 Å². The average molecular weight is 206 g/mol. The Hall–Kier alpha value is 0.0900. The third-order valence-corrected chi connectivity index (χ3v) is 6.81. The van der Waals surface area contributed by atoms with Gasteiger partial charge in [0.2, 0.25) is 0 Å². The number of hydrogen-bond acceptors (Lipinski definition) is 1. The Labute approximate surface area is 91.5 Å². The van der Waals surface area contributed by atoms with Crippen LogP contribution in [0.15, 0.2) is 0 Å². The maximum atomic E-state index is 5.34. The molecule has 0 heterocycles. The number of hydrogen-bond donors (Lipinski definition) is 0. The van der Waals surface area contributed by atoms with E-state index in [1.807, 2.05) is 0 Å². The first-order valence-electron chi connectivity index (χ1n) is 6.08. The molecule has 0 aromatic carbocycles. The molecule has 14 heavy (non-hydrogen) atoms. The Kier molecular flexibility index (Phi) is 1.17. The monoisotopic (exact) mass is 206 g/mol. The highest BCUT2D eigenvalue weighted by atomic mass is 32.1. The summed E-state index contributed by atoms with van der Waals surface area (Å²) in [5, 5.41) is 2.16. The van der Waals surface area contributed by atoms with Crippen molar-refractivity contribution < 1.29 is 0 Å². The van der Waals surface area contributed by atoms with Crippen molar-refractivity contribution in [3.8, 4) is 0 Å². The van der Waals surface area contributed by atoms with Gasteiger partial charge in [-0.15, -0.1) is 0 Å². The van der Waals surface area contributed by atoms with Crippen molar-refractivity contribution >= 4 is 17.6 Å². The zero-order chi connectivity index (χ0) is 9.60. The van der Waals surface area contributed by atoms with Gasteiger partial charge in [0, 0.05) is 0 Å². The number of thiocarbonyl (C=S) groups is 1. The zero-order valence-corrected chi connectivity index (χ0v) is 9.70. The summed E-state index contributed by atoms with van der Waals surface area (Å²) in [6.07, 6.45) is 8.94. The predicted octanol–water partition coefficient (Wildman–Crippen LogP) is 3.59. The highest BCUT2D eigenvalue weighted by Crippen LogP contribution is 2.83. The van der Waals surface area contributed by atoms with Gasteiger partial charge in [0.1, 0.15) is 0 Å². The summed E-state index contributed by atoms with van der Waals surface area (Å²) in [5.74, 6) is 2.13. The number of rotatable bonds is 1. The lowest BCUT2D eigenvalue weighted by Gasteiger charge is -2.57. The molecule has 4 aliphatic rings. The lowest BCUT2D eigenvalue weighted by atomic mass is 9.47. The molecule has 1 spiro atoms. The Morgan fingerprint density at radius 2 is 2.07 bits per heavy atom. The summed E-state index contributed by atoms with van der Waals surface area (Å²) in [6, 6.07) is 0. The van der Waals surface area contributed by atoms with Gasteiger partial charge in [0.15, 0.2) is 0 Å². The topological polar surface area (TPSA) is 0 Å². The maximum absolute atomic E-state index is 5.34. The SMILES string of the molecule is CC12CC3CC4CC(C=S)(C1)CC32C4. The maximum Gasteiger partial charge on any atom is -0.00000207 e. The molecule has 4 aliphatic carbocycles. The molecule has 0 aromatic rings. The summed E-state index contributed by atoms with van der Waals surface area (Å²) in [5.41, 5.74) is 1.96. The van der Waals surface area contributed by atoms with Crippen molar-refractivity contribution in [1.82, 2.24) is 0 Å². The quantitative estimate of drug-likeness (QED) is 0.591. The molecule has 0 nitrogen and oxygen atoms in total. The highest BCUT2D eigenvalue weighted by Gasteiger charge is 2.75. The Bertz CT molecular complexity index is 336. The first-order valence-corrected chi connectivity index (χ1v) is 6.55. The molecular formula is C13H18S. The predicted molar refractivity (Wildman–Crippen MR) is 61.3 cm³/mol. The van der Waals surface area contributed by atoms with Crippen LogP contribution in [0.4, 0.5) is 0 Å². The van der Waals surface area contributed by atoms with E-state index in [0.29, 0.717) is 10.8 Å². The van der Waals surface area contributed by atoms with Crippen molar-refractivity contribution in [2.45, 2.75) is 45.4 Å². The van der Waals surface area contributed by atoms with E-state index in [1.54, 1.807) is 12.8 Å². The van der Waals surface area contributed by atoms with Crippen molar-refractivity contribution in [2.75, 3.05) is 0 Å². The van der Waals surface area contributed by atoms with E-state index in [4.69, 9.17) is 12.2 Å². The molecule has 5 atom stereocenters. The van der Waals surface area contributed by atoms with Gasteiger partial charge in [-0.2, -0.15) is 0 Å². The second-order valence-electron chi connectivity index (χ2n) is 6.96. The first-order chi connectivity index (χ1) is 6.62. The van der Waals surface area contributed by atoms with E-state index in [1.165, 1.54) is 25.7 Å². The Morgan fingerprint density at radius 3 is 2.86 bits per heavy atom. The number of fused-ring (bicyclic) bond motifs is 2. The van der Waals surface area contributed by atoms with Crippen molar-refractivity contribution in [3.05, 3.63) is 0 Å². The van der Waals surface area contributed by atoms with E-state index >= 15 is 0 Å². The van der Waals surface area contributed by atoms with E-state index in [-0.39, 0.29) is 0 Å². The van der Waals surface area contributed by atoms with E-state index in [9.17, 15) is 0 Å². The summed E-state index contributed by atoms with van der Waals surface area (Å²) in [6.45, 7) is 2.55. The second-order valence-corrected chi connectivity index (χ2v) is 7.20. The first kappa shape index (κ1) is 8.27. The molecule has 0 radical (unpaired) electrons. The van der Waals surface area contributed by atoms with E-state index < -0.39 is 0 Å². The third-order valence-electron chi connectivity index (χ3n) is 6.31. The van der Waals surface area contributed by atoms with Gasteiger partial charge in [-0.25, -0.2) is 0 Å². The smallest absolute Gasteiger partial charge is 0.00000207 e. The van der Waals surface area contributed by atoms with Gasteiger partial charge in [-0.05, 0) is 72.0 Å². The molecule has 4 saturated carbocycles. The van der Waals surface area contributed by atoms with Crippen molar-refractivity contribution in [1.29, 1.82) is 0 Å². The Balaban J connectivity index is 1.90. The summed E-state index contributed by atoms with van der Waals surface area (Å²) < 4.78 is 0. The molecule has 5 unspecified atom stereocenters. The van der Waals surface area contributed by atoms with Gasteiger partial charge in [-0.1, -0.05) is 19.1 Å². The van der Waals surface area contributed by atoms with Gasteiger partial charge >= 0.3 is 0 Å². The molecule has 1 heteroatoms. The largest absolute Gasteiger partial charge is 0.0929 e. The fourth-order valence-electron chi connectivity index (χ4n) is 6.18. The molecule has 4 fully saturated rings. The van der Waals surface area contributed by atoms with Crippen LogP contribution in [0, 0.1) is 28.1 Å². The summed E-state index contributed by atoms with van der Waals surface area (Å²) in [4.78, 5) is 0. The highest BCUT2D eigenvalue weighted by molar-refractivity contribution is 7.79. The minimum absolute atomic E-state index is 0.498. The van der Waals surface area contributed by atoms with Crippen LogP contribution in [-0.2, 0) is 0 Å². The fraction of sp³-hybridized carbons (Fsp3) is 0.923. The van der Waals surface area contributed by atoms with Crippen LogP contribution in [-0.4, -0.2) is 5.37 Å². The van der Waals surface area contributed by atoms with Crippen LogP contribution in [0.3, 0.4) is 0 Å². The average Bonchev–Trinajstić information content (AvgIpc) is 2.43. The Morgan fingerprint density at radius 1 is 1.21 bits per heavy atom. The fourth-order valence-corrected chi connectivity index (χ4v) is 6.44. The third kappa shape index (κ3) is 0.617. The van der Waals surface area contributed by atoms with Gasteiger partial charge in [-0.3, -0.25) is 0 Å². The van der Waals surface area contributed by atoms with Crippen LogP contribution in [0.25, 0.3) is 0 Å². The standard InChI is InChI=1S/C13H18S/c1-11-5-10-2-9-3-12(6-11,8-14)7-13(10,11)4-9/h8-10H,2-7H2,1H3. The van der Waals surface area contributed by atoms with Gasteiger partial charge < -0.3 is 0 Å².